The minimum atomic E-state index is -0.426. The molecule has 0 aromatic carbocycles. The number of piperidine rings is 1. The highest BCUT2D eigenvalue weighted by Crippen LogP contribution is 2.17. The molecule has 102 valence electrons. The third-order valence-corrected chi connectivity index (χ3v) is 2.98. The molecular formula is C15H15N3O2. The van der Waals surface area contributed by atoms with Crippen molar-refractivity contribution in [1.29, 1.82) is 0 Å². The summed E-state index contributed by atoms with van der Waals surface area (Å²) >= 11 is 0. The first-order chi connectivity index (χ1) is 9.63. The average Bonchev–Trinajstić information content (AvgIpc) is 2.43. The second-order valence-electron chi connectivity index (χ2n) is 4.45. The minimum Gasteiger partial charge on any atom is -0.372 e. The number of hydrogen-bond acceptors (Lipinski definition) is 4. The molecule has 0 aliphatic carbocycles. The van der Waals surface area contributed by atoms with Crippen molar-refractivity contribution >= 4 is 23.6 Å². The SMILES string of the molecule is C#Cc1ncc(NC2CCC(=O)NC2=O)cc1/C=C\C. The molecule has 5 heteroatoms. The lowest BCUT2D eigenvalue weighted by atomic mass is 10.1. The van der Waals surface area contributed by atoms with Gasteiger partial charge in [-0.3, -0.25) is 14.9 Å². The van der Waals surface area contributed by atoms with E-state index in [0.717, 1.165) is 5.56 Å². The minimum absolute atomic E-state index is 0.233. The van der Waals surface area contributed by atoms with Crippen LogP contribution in [-0.4, -0.2) is 22.8 Å². The highest BCUT2D eigenvalue weighted by Gasteiger charge is 2.26. The van der Waals surface area contributed by atoms with Gasteiger partial charge in [-0.2, -0.15) is 0 Å². The zero-order valence-electron chi connectivity index (χ0n) is 11.1. The van der Waals surface area contributed by atoms with Gasteiger partial charge in [-0.05, 0) is 25.3 Å². The van der Waals surface area contributed by atoms with E-state index in [0.29, 0.717) is 24.2 Å². The molecule has 1 aromatic rings. The molecule has 2 rings (SSSR count). The van der Waals surface area contributed by atoms with Gasteiger partial charge in [0.1, 0.15) is 11.7 Å². The zero-order chi connectivity index (χ0) is 14.5. The molecule has 1 aliphatic heterocycles. The first-order valence-electron chi connectivity index (χ1n) is 6.33. The number of rotatable bonds is 3. The molecule has 1 saturated heterocycles. The summed E-state index contributed by atoms with van der Waals surface area (Å²) in [5, 5.41) is 5.38. The summed E-state index contributed by atoms with van der Waals surface area (Å²) in [7, 11) is 0. The Morgan fingerprint density at radius 3 is 3.00 bits per heavy atom. The Labute approximate surface area is 117 Å². The summed E-state index contributed by atoms with van der Waals surface area (Å²) in [5.41, 5.74) is 2.07. The molecule has 1 aliphatic rings. The van der Waals surface area contributed by atoms with Gasteiger partial charge in [-0.15, -0.1) is 6.42 Å². The summed E-state index contributed by atoms with van der Waals surface area (Å²) in [4.78, 5) is 26.9. The average molecular weight is 269 g/mol. The van der Waals surface area contributed by atoms with Crippen LogP contribution in [0.15, 0.2) is 18.3 Å². The van der Waals surface area contributed by atoms with Crippen LogP contribution in [0, 0.1) is 12.3 Å². The van der Waals surface area contributed by atoms with Gasteiger partial charge < -0.3 is 5.32 Å². The highest BCUT2D eigenvalue weighted by molar-refractivity contribution is 6.01. The Kier molecular flexibility index (Phi) is 4.16. The number of carbonyl (C=O) groups is 2. The Balaban J connectivity index is 2.18. The molecule has 0 spiro atoms. The van der Waals surface area contributed by atoms with E-state index in [4.69, 9.17) is 6.42 Å². The Hall–Kier alpha value is -2.61. The van der Waals surface area contributed by atoms with E-state index >= 15 is 0 Å². The molecule has 1 aromatic heterocycles. The topological polar surface area (TPSA) is 71.1 Å². The van der Waals surface area contributed by atoms with Crippen molar-refractivity contribution in [2.24, 2.45) is 0 Å². The quantitative estimate of drug-likeness (QED) is 0.641. The van der Waals surface area contributed by atoms with Crippen molar-refractivity contribution in [3.05, 3.63) is 29.6 Å². The van der Waals surface area contributed by atoms with Gasteiger partial charge in [-0.1, -0.05) is 12.2 Å². The van der Waals surface area contributed by atoms with E-state index < -0.39 is 6.04 Å². The molecule has 1 atom stereocenters. The van der Waals surface area contributed by atoms with Crippen molar-refractivity contribution in [1.82, 2.24) is 10.3 Å². The number of imide groups is 1. The molecule has 20 heavy (non-hydrogen) atoms. The molecule has 2 N–H and O–H groups in total. The molecule has 1 fully saturated rings. The predicted octanol–water partition coefficient (Wildman–Crippen LogP) is 1.31. The van der Waals surface area contributed by atoms with Crippen LogP contribution in [0.1, 0.15) is 31.0 Å². The van der Waals surface area contributed by atoms with E-state index in [1.54, 1.807) is 6.20 Å². The fraction of sp³-hybridized carbons (Fsp3) is 0.267. The van der Waals surface area contributed by atoms with Crippen LogP contribution in [0.4, 0.5) is 5.69 Å². The third kappa shape index (κ3) is 3.04. The van der Waals surface area contributed by atoms with Gasteiger partial charge >= 0.3 is 0 Å². The number of pyridine rings is 1. The van der Waals surface area contributed by atoms with Crippen LogP contribution in [0.3, 0.4) is 0 Å². The first-order valence-corrected chi connectivity index (χ1v) is 6.33. The van der Waals surface area contributed by atoms with Crippen LogP contribution in [0.5, 0.6) is 0 Å². The Morgan fingerprint density at radius 2 is 2.35 bits per heavy atom. The molecule has 2 amide bonds. The van der Waals surface area contributed by atoms with Gasteiger partial charge in [0, 0.05) is 12.0 Å². The molecular weight excluding hydrogens is 254 g/mol. The molecule has 5 nitrogen and oxygen atoms in total. The molecule has 0 bridgehead atoms. The summed E-state index contributed by atoms with van der Waals surface area (Å²) < 4.78 is 0. The predicted molar refractivity (Wildman–Crippen MR) is 76.7 cm³/mol. The van der Waals surface area contributed by atoms with Gasteiger partial charge in [0.15, 0.2) is 0 Å². The fourth-order valence-electron chi connectivity index (χ4n) is 2.02. The van der Waals surface area contributed by atoms with E-state index in [1.807, 2.05) is 25.1 Å². The lowest BCUT2D eigenvalue weighted by Gasteiger charge is -2.22. The van der Waals surface area contributed by atoms with Crippen LogP contribution < -0.4 is 10.6 Å². The van der Waals surface area contributed by atoms with Crippen molar-refractivity contribution in [2.75, 3.05) is 5.32 Å². The number of nitrogens with zero attached hydrogens (tertiary/aromatic N) is 1. The number of aromatic nitrogens is 1. The maximum absolute atomic E-state index is 11.7. The summed E-state index contributed by atoms with van der Waals surface area (Å²) in [6.45, 7) is 1.89. The Bertz CT molecular complexity index is 614. The monoisotopic (exact) mass is 269 g/mol. The summed E-state index contributed by atoms with van der Waals surface area (Å²) in [6.07, 6.45) is 11.5. The highest BCUT2D eigenvalue weighted by atomic mass is 16.2. The van der Waals surface area contributed by atoms with Gasteiger partial charge in [0.25, 0.3) is 0 Å². The summed E-state index contributed by atoms with van der Waals surface area (Å²) in [5.74, 6) is 1.97. The number of nitrogens with one attached hydrogen (secondary N) is 2. The summed E-state index contributed by atoms with van der Waals surface area (Å²) in [6, 6.07) is 1.41. The molecule has 0 radical (unpaired) electrons. The van der Waals surface area contributed by atoms with Crippen molar-refractivity contribution in [2.45, 2.75) is 25.8 Å². The van der Waals surface area contributed by atoms with Gasteiger partial charge in [0.2, 0.25) is 11.8 Å². The number of anilines is 1. The van der Waals surface area contributed by atoms with Crippen LogP contribution >= 0.6 is 0 Å². The fourth-order valence-corrected chi connectivity index (χ4v) is 2.02. The second kappa shape index (κ2) is 6.02. The standard InChI is InChI=1S/C15H15N3O2/c1-3-5-10-8-11(9-16-12(10)4-2)17-13-6-7-14(19)18-15(13)20/h2-3,5,8-9,13,17H,6-7H2,1H3,(H,18,19,20)/b5-3-. The van der Waals surface area contributed by atoms with Gasteiger partial charge in [0.05, 0.1) is 11.9 Å². The largest absolute Gasteiger partial charge is 0.372 e. The number of allylic oxidation sites excluding steroid dienone is 1. The maximum atomic E-state index is 11.7. The molecule has 2 heterocycles. The lowest BCUT2D eigenvalue weighted by Crippen LogP contribution is -2.47. The van der Waals surface area contributed by atoms with E-state index in [2.05, 4.69) is 21.5 Å². The van der Waals surface area contributed by atoms with E-state index in [9.17, 15) is 9.59 Å². The van der Waals surface area contributed by atoms with E-state index in [-0.39, 0.29) is 11.8 Å². The number of terminal acetylenes is 1. The van der Waals surface area contributed by atoms with Gasteiger partial charge in [-0.25, -0.2) is 4.98 Å². The van der Waals surface area contributed by atoms with Crippen molar-refractivity contribution in [3.8, 4) is 12.3 Å². The normalized spacial score (nSPS) is 18.7. The van der Waals surface area contributed by atoms with Crippen LogP contribution in [-0.2, 0) is 9.59 Å². The van der Waals surface area contributed by atoms with Crippen LogP contribution in [0.25, 0.3) is 6.08 Å². The van der Waals surface area contributed by atoms with E-state index in [1.165, 1.54) is 0 Å². The number of amides is 2. The van der Waals surface area contributed by atoms with Crippen LogP contribution in [0.2, 0.25) is 0 Å². The molecule has 0 saturated carbocycles. The lowest BCUT2D eigenvalue weighted by molar-refractivity contribution is -0.133. The first kappa shape index (κ1) is 13.8. The maximum Gasteiger partial charge on any atom is 0.249 e. The van der Waals surface area contributed by atoms with Crippen molar-refractivity contribution in [3.63, 3.8) is 0 Å². The Morgan fingerprint density at radius 1 is 1.55 bits per heavy atom. The third-order valence-electron chi connectivity index (χ3n) is 2.98. The molecule has 1 unspecified atom stereocenters. The number of hydrogen-bond donors (Lipinski definition) is 2. The second-order valence-corrected chi connectivity index (χ2v) is 4.45. The number of carbonyl (C=O) groups excluding carboxylic acids is 2. The van der Waals surface area contributed by atoms with Crippen molar-refractivity contribution < 1.29 is 9.59 Å². The zero-order valence-corrected chi connectivity index (χ0v) is 11.1. The smallest absolute Gasteiger partial charge is 0.249 e.